The highest BCUT2D eigenvalue weighted by atomic mass is 32.1. The third-order valence-corrected chi connectivity index (χ3v) is 2.08. The summed E-state index contributed by atoms with van der Waals surface area (Å²) in [4.78, 5) is 10.9. The van der Waals surface area contributed by atoms with Crippen LogP contribution in [0.5, 0.6) is 5.75 Å². The van der Waals surface area contributed by atoms with Crippen LogP contribution in [0.2, 0.25) is 0 Å². The number of methoxy groups -OCH3 is 1. The summed E-state index contributed by atoms with van der Waals surface area (Å²) in [5.41, 5.74) is 1.04. The van der Waals surface area contributed by atoms with Crippen LogP contribution in [0.3, 0.4) is 0 Å². The molecule has 3 nitrogen and oxygen atoms in total. The SMILES string of the molecule is COc1ccc(CNC(=O)CS)cc1. The van der Waals surface area contributed by atoms with Gasteiger partial charge >= 0.3 is 0 Å². The lowest BCUT2D eigenvalue weighted by Crippen LogP contribution is -2.23. The van der Waals surface area contributed by atoms with E-state index in [1.165, 1.54) is 0 Å². The number of benzene rings is 1. The van der Waals surface area contributed by atoms with Crippen molar-refractivity contribution in [2.45, 2.75) is 6.54 Å². The fourth-order valence-electron chi connectivity index (χ4n) is 1.000. The Morgan fingerprint density at radius 1 is 1.43 bits per heavy atom. The molecule has 0 fully saturated rings. The van der Waals surface area contributed by atoms with Gasteiger partial charge in [-0.2, -0.15) is 12.6 Å². The molecule has 0 aromatic heterocycles. The van der Waals surface area contributed by atoms with Crippen LogP contribution in [-0.4, -0.2) is 18.8 Å². The number of rotatable bonds is 4. The molecule has 0 saturated heterocycles. The average Bonchev–Trinajstić information content (AvgIpc) is 2.26. The number of nitrogens with one attached hydrogen (secondary N) is 1. The molecule has 0 aliphatic rings. The molecule has 1 rings (SSSR count). The second kappa shape index (κ2) is 5.54. The lowest BCUT2D eigenvalue weighted by atomic mass is 10.2. The first-order valence-corrected chi connectivity index (χ1v) is 4.90. The predicted octanol–water partition coefficient (Wildman–Crippen LogP) is 1.24. The largest absolute Gasteiger partial charge is 0.497 e. The van der Waals surface area contributed by atoms with E-state index in [-0.39, 0.29) is 11.7 Å². The second-order valence-electron chi connectivity index (χ2n) is 2.78. The van der Waals surface area contributed by atoms with Gasteiger partial charge in [0.25, 0.3) is 0 Å². The van der Waals surface area contributed by atoms with Gasteiger partial charge in [-0.15, -0.1) is 0 Å². The Balaban J connectivity index is 2.47. The molecule has 0 bridgehead atoms. The van der Waals surface area contributed by atoms with Crippen LogP contribution in [0.15, 0.2) is 24.3 Å². The van der Waals surface area contributed by atoms with E-state index in [4.69, 9.17) is 4.74 Å². The van der Waals surface area contributed by atoms with Crippen molar-refractivity contribution in [2.24, 2.45) is 0 Å². The zero-order valence-corrected chi connectivity index (χ0v) is 8.88. The first-order valence-electron chi connectivity index (χ1n) is 4.26. The smallest absolute Gasteiger partial charge is 0.229 e. The van der Waals surface area contributed by atoms with Crippen LogP contribution < -0.4 is 10.1 Å². The Morgan fingerprint density at radius 2 is 2.07 bits per heavy atom. The summed E-state index contributed by atoms with van der Waals surface area (Å²) < 4.78 is 5.02. The van der Waals surface area contributed by atoms with Gasteiger partial charge in [0.05, 0.1) is 12.9 Å². The van der Waals surface area contributed by atoms with E-state index in [9.17, 15) is 4.79 Å². The first-order chi connectivity index (χ1) is 6.76. The van der Waals surface area contributed by atoms with Gasteiger partial charge in [-0.3, -0.25) is 4.79 Å². The number of carbonyl (C=O) groups excluding carboxylic acids is 1. The van der Waals surface area contributed by atoms with E-state index < -0.39 is 0 Å². The van der Waals surface area contributed by atoms with Gasteiger partial charge in [0.15, 0.2) is 0 Å². The molecule has 0 unspecified atom stereocenters. The molecule has 0 spiro atoms. The second-order valence-corrected chi connectivity index (χ2v) is 3.10. The molecule has 0 aliphatic carbocycles. The molecule has 4 heteroatoms. The van der Waals surface area contributed by atoms with Crippen molar-refractivity contribution in [3.8, 4) is 5.75 Å². The van der Waals surface area contributed by atoms with Gasteiger partial charge in [0.1, 0.15) is 5.75 Å². The lowest BCUT2D eigenvalue weighted by Gasteiger charge is -2.04. The summed E-state index contributed by atoms with van der Waals surface area (Å²) >= 11 is 3.86. The Labute approximate surface area is 88.9 Å². The molecular weight excluding hydrogens is 198 g/mol. The van der Waals surface area contributed by atoms with Crippen LogP contribution >= 0.6 is 12.6 Å². The summed E-state index contributed by atoms with van der Waals surface area (Å²) in [5.74, 6) is 0.967. The molecular formula is C10H13NO2S. The van der Waals surface area contributed by atoms with E-state index in [1.807, 2.05) is 24.3 Å². The molecule has 0 saturated carbocycles. The summed E-state index contributed by atoms with van der Waals surface area (Å²) in [6.45, 7) is 0.531. The molecule has 0 radical (unpaired) electrons. The van der Waals surface area contributed by atoms with Crippen LogP contribution in [0, 0.1) is 0 Å². The number of carbonyl (C=O) groups is 1. The normalized spacial score (nSPS) is 9.57. The first kappa shape index (κ1) is 10.9. The molecule has 76 valence electrons. The summed E-state index contributed by atoms with van der Waals surface area (Å²) in [5, 5.41) is 2.73. The van der Waals surface area contributed by atoms with Crippen molar-refractivity contribution in [1.82, 2.24) is 5.32 Å². The van der Waals surface area contributed by atoms with Gasteiger partial charge in [0.2, 0.25) is 5.91 Å². The fraction of sp³-hybridized carbons (Fsp3) is 0.300. The highest BCUT2D eigenvalue weighted by molar-refractivity contribution is 7.81. The average molecular weight is 211 g/mol. The molecule has 14 heavy (non-hydrogen) atoms. The van der Waals surface area contributed by atoms with Crippen molar-refractivity contribution < 1.29 is 9.53 Å². The molecule has 1 amide bonds. The minimum absolute atomic E-state index is 0.0656. The van der Waals surface area contributed by atoms with Gasteiger partial charge in [0, 0.05) is 6.54 Å². The Hall–Kier alpha value is -1.16. The third-order valence-electron chi connectivity index (χ3n) is 1.79. The van der Waals surface area contributed by atoms with Crippen molar-refractivity contribution in [2.75, 3.05) is 12.9 Å². The molecule has 0 atom stereocenters. The molecule has 0 aliphatic heterocycles. The Morgan fingerprint density at radius 3 is 2.57 bits per heavy atom. The maximum atomic E-state index is 10.9. The van der Waals surface area contributed by atoms with Crippen LogP contribution in [-0.2, 0) is 11.3 Å². The quantitative estimate of drug-likeness (QED) is 0.735. The standard InChI is InChI=1S/C10H13NO2S/c1-13-9-4-2-8(3-5-9)6-11-10(12)7-14/h2-5,14H,6-7H2,1H3,(H,11,12). The van der Waals surface area contributed by atoms with Crippen LogP contribution in [0.4, 0.5) is 0 Å². The summed E-state index contributed by atoms with van der Waals surface area (Å²) in [6.07, 6.45) is 0. The highest BCUT2D eigenvalue weighted by Gasteiger charge is 1.97. The zero-order chi connectivity index (χ0) is 10.4. The van der Waals surface area contributed by atoms with E-state index in [0.29, 0.717) is 6.54 Å². The van der Waals surface area contributed by atoms with Crippen molar-refractivity contribution in [3.05, 3.63) is 29.8 Å². The number of ether oxygens (including phenoxy) is 1. The number of hydrogen-bond acceptors (Lipinski definition) is 3. The predicted molar refractivity (Wildman–Crippen MR) is 58.7 cm³/mol. The summed E-state index contributed by atoms with van der Waals surface area (Å²) in [6, 6.07) is 7.56. The van der Waals surface area contributed by atoms with Crippen molar-refractivity contribution >= 4 is 18.5 Å². The van der Waals surface area contributed by atoms with Crippen LogP contribution in [0.25, 0.3) is 0 Å². The van der Waals surface area contributed by atoms with Gasteiger partial charge < -0.3 is 10.1 Å². The van der Waals surface area contributed by atoms with Crippen LogP contribution in [0.1, 0.15) is 5.56 Å². The zero-order valence-electron chi connectivity index (χ0n) is 7.99. The number of hydrogen-bond donors (Lipinski definition) is 2. The minimum Gasteiger partial charge on any atom is -0.497 e. The van der Waals surface area contributed by atoms with Crippen molar-refractivity contribution in [3.63, 3.8) is 0 Å². The monoisotopic (exact) mass is 211 g/mol. The topological polar surface area (TPSA) is 38.3 Å². The van der Waals surface area contributed by atoms with E-state index >= 15 is 0 Å². The molecule has 0 heterocycles. The molecule has 1 aromatic rings. The molecule has 1 aromatic carbocycles. The van der Waals surface area contributed by atoms with E-state index in [1.54, 1.807) is 7.11 Å². The van der Waals surface area contributed by atoms with Crippen molar-refractivity contribution in [1.29, 1.82) is 0 Å². The lowest BCUT2D eigenvalue weighted by molar-refractivity contribution is -0.118. The third kappa shape index (κ3) is 3.30. The maximum Gasteiger partial charge on any atom is 0.229 e. The Kier molecular flexibility index (Phi) is 4.32. The minimum atomic E-state index is -0.0656. The highest BCUT2D eigenvalue weighted by Crippen LogP contribution is 2.10. The fourth-order valence-corrected chi connectivity index (χ4v) is 1.11. The van der Waals surface area contributed by atoms with Gasteiger partial charge in [-0.1, -0.05) is 12.1 Å². The van der Waals surface area contributed by atoms with Gasteiger partial charge in [-0.25, -0.2) is 0 Å². The number of amides is 1. The van der Waals surface area contributed by atoms with E-state index in [2.05, 4.69) is 17.9 Å². The summed E-state index contributed by atoms with van der Waals surface area (Å²) in [7, 11) is 1.62. The maximum absolute atomic E-state index is 10.9. The molecule has 1 N–H and O–H groups in total. The van der Waals surface area contributed by atoms with Gasteiger partial charge in [-0.05, 0) is 17.7 Å². The number of thiol groups is 1. The Bertz CT molecular complexity index is 297. The van der Waals surface area contributed by atoms with E-state index in [0.717, 1.165) is 11.3 Å².